The topological polar surface area (TPSA) is 0 Å². The van der Waals surface area contributed by atoms with Gasteiger partial charge in [-0.25, -0.2) is 0 Å². The van der Waals surface area contributed by atoms with E-state index in [-0.39, 0.29) is 0 Å². The van der Waals surface area contributed by atoms with E-state index >= 15 is 0 Å². The monoisotopic (exact) mass is 169 g/mol. The van der Waals surface area contributed by atoms with Crippen molar-refractivity contribution in [3.63, 3.8) is 0 Å². The van der Waals surface area contributed by atoms with Crippen LogP contribution in [-0.4, -0.2) is 0 Å². The lowest BCUT2D eigenvalue weighted by Gasteiger charge is -2.17. The Bertz CT molecular complexity index is 82.0. The van der Waals surface area contributed by atoms with Crippen molar-refractivity contribution in [1.29, 1.82) is 0 Å². The van der Waals surface area contributed by atoms with Gasteiger partial charge in [0, 0.05) is 0 Å². The molecule has 0 aliphatic carbocycles. The highest BCUT2D eigenvalue weighted by Gasteiger charge is 2.08. The summed E-state index contributed by atoms with van der Waals surface area (Å²) in [6, 6.07) is 0. The molecule has 0 N–H and O–H groups in total. The Morgan fingerprint density at radius 3 is 2.33 bits per heavy atom. The fourth-order valence-electron chi connectivity index (χ4n) is 1.73. The second kappa shape index (κ2) is 7.64. The summed E-state index contributed by atoms with van der Waals surface area (Å²) in [5.41, 5.74) is 0. The highest BCUT2D eigenvalue weighted by atomic mass is 14.1. The van der Waals surface area contributed by atoms with Crippen LogP contribution in [0.15, 0.2) is 0 Å². The third-order valence-electron chi connectivity index (χ3n) is 2.77. The van der Waals surface area contributed by atoms with Crippen LogP contribution in [-0.2, 0) is 0 Å². The number of hydrogen-bond donors (Lipinski definition) is 0. The molecule has 0 aliphatic heterocycles. The third-order valence-corrected chi connectivity index (χ3v) is 2.77. The molecule has 0 spiro atoms. The van der Waals surface area contributed by atoms with Crippen molar-refractivity contribution in [3.8, 4) is 0 Å². The van der Waals surface area contributed by atoms with Crippen LogP contribution < -0.4 is 0 Å². The van der Waals surface area contributed by atoms with Gasteiger partial charge >= 0.3 is 0 Å². The molecule has 0 rings (SSSR count). The molecule has 0 aliphatic rings. The highest BCUT2D eigenvalue weighted by molar-refractivity contribution is 4.63. The lowest BCUT2D eigenvalue weighted by atomic mass is 9.89. The van der Waals surface area contributed by atoms with Gasteiger partial charge in [0.2, 0.25) is 0 Å². The van der Waals surface area contributed by atoms with E-state index in [1.165, 1.54) is 32.1 Å². The lowest BCUT2D eigenvalue weighted by Crippen LogP contribution is -2.04. The molecule has 0 nitrogen and oxygen atoms in total. The SMILES string of the molecule is [CH2]CC(CC)CC(C)CCCC. The molecule has 0 aromatic rings. The largest absolute Gasteiger partial charge is 0.0654 e. The molecule has 12 heavy (non-hydrogen) atoms. The normalized spacial score (nSPS) is 13.8. The number of unbranched alkanes of at least 4 members (excludes halogenated alkanes) is 1. The van der Waals surface area contributed by atoms with Crippen LogP contribution in [0.3, 0.4) is 0 Å². The predicted molar refractivity (Wildman–Crippen MR) is 57.1 cm³/mol. The summed E-state index contributed by atoms with van der Waals surface area (Å²) >= 11 is 0. The first kappa shape index (κ1) is 12.0. The van der Waals surface area contributed by atoms with Gasteiger partial charge < -0.3 is 0 Å². The second-order valence-electron chi connectivity index (χ2n) is 4.05. The molecule has 1 radical (unpaired) electrons. The van der Waals surface area contributed by atoms with Crippen LogP contribution in [0.2, 0.25) is 0 Å². The zero-order chi connectivity index (χ0) is 9.40. The summed E-state index contributed by atoms with van der Waals surface area (Å²) in [6.07, 6.45) is 7.96. The van der Waals surface area contributed by atoms with E-state index in [0.717, 1.165) is 18.3 Å². The minimum Gasteiger partial charge on any atom is -0.0654 e. The Morgan fingerprint density at radius 2 is 1.92 bits per heavy atom. The summed E-state index contributed by atoms with van der Waals surface area (Å²) in [5, 5.41) is 0. The molecule has 0 saturated carbocycles. The van der Waals surface area contributed by atoms with Gasteiger partial charge in [-0.3, -0.25) is 0 Å². The first-order valence-corrected chi connectivity index (χ1v) is 5.53. The Morgan fingerprint density at radius 1 is 1.25 bits per heavy atom. The van der Waals surface area contributed by atoms with E-state index in [1.807, 2.05) is 0 Å². The summed E-state index contributed by atoms with van der Waals surface area (Å²) in [6.45, 7) is 10.9. The molecule has 0 aromatic carbocycles. The molecule has 0 heteroatoms. The van der Waals surface area contributed by atoms with Crippen molar-refractivity contribution < 1.29 is 0 Å². The average molecular weight is 169 g/mol. The first-order chi connectivity index (χ1) is 5.74. The van der Waals surface area contributed by atoms with Crippen LogP contribution in [0.1, 0.15) is 59.3 Å². The molecule has 0 saturated heterocycles. The van der Waals surface area contributed by atoms with Crippen molar-refractivity contribution in [2.24, 2.45) is 11.8 Å². The van der Waals surface area contributed by atoms with E-state index in [9.17, 15) is 0 Å². The molecular formula is C12H25. The van der Waals surface area contributed by atoms with Gasteiger partial charge in [-0.15, -0.1) is 0 Å². The van der Waals surface area contributed by atoms with Gasteiger partial charge in [0.1, 0.15) is 0 Å². The van der Waals surface area contributed by atoms with E-state index < -0.39 is 0 Å². The van der Waals surface area contributed by atoms with Crippen molar-refractivity contribution in [1.82, 2.24) is 0 Å². The van der Waals surface area contributed by atoms with Crippen molar-refractivity contribution in [3.05, 3.63) is 6.92 Å². The van der Waals surface area contributed by atoms with E-state index in [1.54, 1.807) is 0 Å². The Balaban J connectivity index is 3.44. The van der Waals surface area contributed by atoms with Crippen LogP contribution in [0.25, 0.3) is 0 Å². The van der Waals surface area contributed by atoms with Crippen LogP contribution in [0.5, 0.6) is 0 Å². The first-order valence-electron chi connectivity index (χ1n) is 5.53. The van der Waals surface area contributed by atoms with Gasteiger partial charge in [0.15, 0.2) is 0 Å². The smallest absolute Gasteiger partial charge is 0.0414 e. The maximum atomic E-state index is 3.99. The van der Waals surface area contributed by atoms with Gasteiger partial charge in [-0.05, 0) is 18.3 Å². The fourth-order valence-corrected chi connectivity index (χ4v) is 1.73. The Kier molecular flexibility index (Phi) is 7.64. The molecule has 0 amide bonds. The maximum absolute atomic E-state index is 3.99. The number of rotatable bonds is 7. The Labute approximate surface area is 78.8 Å². The van der Waals surface area contributed by atoms with E-state index in [0.29, 0.717) is 0 Å². The van der Waals surface area contributed by atoms with E-state index in [4.69, 9.17) is 0 Å². The third kappa shape index (κ3) is 5.62. The maximum Gasteiger partial charge on any atom is -0.0414 e. The quantitative estimate of drug-likeness (QED) is 0.528. The molecule has 0 bridgehead atoms. The van der Waals surface area contributed by atoms with Crippen LogP contribution in [0, 0.1) is 18.8 Å². The molecular weight excluding hydrogens is 144 g/mol. The molecule has 2 unspecified atom stereocenters. The van der Waals surface area contributed by atoms with Crippen molar-refractivity contribution in [2.45, 2.75) is 59.3 Å². The number of hydrogen-bond acceptors (Lipinski definition) is 0. The van der Waals surface area contributed by atoms with Gasteiger partial charge in [-0.1, -0.05) is 59.8 Å². The summed E-state index contributed by atoms with van der Waals surface area (Å²) in [5.74, 6) is 1.79. The lowest BCUT2D eigenvalue weighted by molar-refractivity contribution is 0.359. The van der Waals surface area contributed by atoms with E-state index in [2.05, 4.69) is 27.7 Å². The van der Waals surface area contributed by atoms with Crippen LogP contribution >= 0.6 is 0 Å². The molecule has 2 atom stereocenters. The highest BCUT2D eigenvalue weighted by Crippen LogP contribution is 2.21. The molecule has 0 fully saturated rings. The standard InChI is InChI=1S/C12H25/c1-5-8-9-11(4)10-12(6-2)7-3/h11-12H,2,5-10H2,1,3-4H3. The zero-order valence-electron chi connectivity index (χ0n) is 9.10. The molecule has 0 heterocycles. The second-order valence-corrected chi connectivity index (χ2v) is 4.05. The summed E-state index contributed by atoms with van der Waals surface area (Å²) < 4.78 is 0. The summed E-state index contributed by atoms with van der Waals surface area (Å²) in [4.78, 5) is 0. The Hall–Kier alpha value is 0. The zero-order valence-corrected chi connectivity index (χ0v) is 9.10. The predicted octanol–water partition coefficient (Wildman–Crippen LogP) is 4.45. The minimum atomic E-state index is 0.872. The average Bonchev–Trinajstić information content (AvgIpc) is 2.10. The van der Waals surface area contributed by atoms with Gasteiger partial charge in [0.05, 0.1) is 0 Å². The van der Waals surface area contributed by atoms with Crippen molar-refractivity contribution >= 4 is 0 Å². The van der Waals surface area contributed by atoms with Crippen LogP contribution in [0.4, 0.5) is 0 Å². The summed E-state index contributed by atoms with van der Waals surface area (Å²) in [7, 11) is 0. The minimum absolute atomic E-state index is 0.872. The molecule has 0 aromatic heterocycles. The van der Waals surface area contributed by atoms with Gasteiger partial charge in [0.25, 0.3) is 0 Å². The van der Waals surface area contributed by atoms with Gasteiger partial charge in [-0.2, -0.15) is 0 Å². The van der Waals surface area contributed by atoms with Crippen molar-refractivity contribution in [2.75, 3.05) is 0 Å². The fraction of sp³-hybridized carbons (Fsp3) is 0.917. The molecule has 73 valence electrons.